The van der Waals surface area contributed by atoms with Gasteiger partial charge in [0.05, 0.1) is 11.3 Å². The monoisotopic (exact) mass is 406 g/mol. The van der Waals surface area contributed by atoms with Crippen LogP contribution < -0.4 is 5.56 Å². The molecule has 2 aromatic carbocycles. The van der Waals surface area contributed by atoms with Crippen molar-refractivity contribution in [3.05, 3.63) is 93.6 Å². The maximum Gasteiger partial charge on any atom is 0.272 e. The number of thiophene rings is 1. The summed E-state index contributed by atoms with van der Waals surface area (Å²) in [6.45, 7) is 0.533. The molecule has 2 heterocycles. The topological polar surface area (TPSA) is 52.0 Å². The lowest BCUT2D eigenvalue weighted by molar-refractivity contribution is 0.102. The Morgan fingerprint density at radius 2 is 1.71 bits per heavy atom. The third-order valence-electron chi connectivity index (χ3n) is 4.43. The van der Waals surface area contributed by atoms with Crippen LogP contribution in [0.15, 0.2) is 82.1 Å². The number of hydrogen-bond acceptors (Lipinski definition) is 5. The molecular weight excluding hydrogens is 388 g/mol. The molecule has 0 bridgehead atoms. The molecule has 0 N–H and O–H groups in total. The Hall–Kier alpha value is -2.70. The Morgan fingerprint density at radius 1 is 1.00 bits per heavy atom. The summed E-state index contributed by atoms with van der Waals surface area (Å²) < 4.78 is 2.36. The predicted molar refractivity (Wildman–Crippen MR) is 116 cm³/mol. The van der Waals surface area contributed by atoms with E-state index < -0.39 is 0 Å². The van der Waals surface area contributed by atoms with Gasteiger partial charge < -0.3 is 0 Å². The minimum atomic E-state index is -0.0365. The minimum absolute atomic E-state index is 0.0277. The number of ketones is 1. The number of carbonyl (C=O) groups excluding carboxylic acids is 1. The van der Waals surface area contributed by atoms with Crippen molar-refractivity contribution in [2.45, 2.75) is 18.1 Å². The number of fused-ring (bicyclic) bond motifs is 1. The first-order chi connectivity index (χ1) is 13.7. The largest absolute Gasteiger partial charge is 0.293 e. The van der Waals surface area contributed by atoms with Gasteiger partial charge in [-0.05, 0) is 23.4 Å². The molecule has 0 saturated carbocycles. The molecule has 0 aliphatic rings. The van der Waals surface area contributed by atoms with Gasteiger partial charge in [0.2, 0.25) is 0 Å². The van der Waals surface area contributed by atoms with Crippen molar-refractivity contribution in [3.63, 3.8) is 0 Å². The molecule has 140 valence electrons. The van der Waals surface area contributed by atoms with Gasteiger partial charge in [0, 0.05) is 12.1 Å². The fourth-order valence-electron chi connectivity index (χ4n) is 2.95. The maximum absolute atomic E-state index is 13.0. The number of hydrogen-bond donors (Lipinski definition) is 0. The SMILES string of the molecule is O=C(CSc1nc2ccsc2c(=O)n1CCc1ccccc1)c1ccccc1. The first-order valence-electron chi connectivity index (χ1n) is 8.95. The highest BCUT2D eigenvalue weighted by molar-refractivity contribution is 7.99. The molecule has 4 aromatic rings. The number of aryl methyl sites for hydroxylation is 1. The number of Topliss-reactive ketones (excluding diaryl/α,β-unsaturated/α-hetero) is 1. The van der Waals surface area contributed by atoms with Gasteiger partial charge in [-0.25, -0.2) is 4.98 Å². The average molecular weight is 407 g/mol. The normalized spacial score (nSPS) is 11.0. The number of carbonyl (C=O) groups is 1. The lowest BCUT2D eigenvalue weighted by Gasteiger charge is -2.12. The van der Waals surface area contributed by atoms with E-state index in [1.807, 2.05) is 60.0 Å². The number of rotatable bonds is 7. The van der Waals surface area contributed by atoms with Gasteiger partial charge in [-0.3, -0.25) is 14.2 Å². The van der Waals surface area contributed by atoms with Crippen molar-refractivity contribution in [2.75, 3.05) is 5.75 Å². The fourth-order valence-corrected chi connectivity index (χ4v) is 4.65. The first kappa shape index (κ1) is 18.7. The van der Waals surface area contributed by atoms with Crippen LogP contribution in [0.5, 0.6) is 0 Å². The molecule has 0 saturated heterocycles. The van der Waals surface area contributed by atoms with E-state index in [1.165, 1.54) is 23.1 Å². The van der Waals surface area contributed by atoms with Crippen LogP contribution >= 0.6 is 23.1 Å². The highest BCUT2D eigenvalue weighted by Gasteiger charge is 2.15. The van der Waals surface area contributed by atoms with Crippen molar-refractivity contribution >= 4 is 39.1 Å². The molecule has 4 nitrogen and oxygen atoms in total. The summed E-state index contributed by atoms with van der Waals surface area (Å²) in [5.41, 5.74) is 2.49. The van der Waals surface area contributed by atoms with Gasteiger partial charge >= 0.3 is 0 Å². The second kappa shape index (κ2) is 8.54. The zero-order valence-electron chi connectivity index (χ0n) is 15.1. The molecule has 0 radical (unpaired) electrons. The average Bonchev–Trinajstić information content (AvgIpc) is 3.22. The summed E-state index contributed by atoms with van der Waals surface area (Å²) in [4.78, 5) is 30.1. The number of thioether (sulfide) groups is 1. The molecule has 0 amide bonds. The van der Waals surface area contributed by atoms with Gasteiger partial charge in [0.15, 0.2) is 10.9 Å². The summed E-state index contributed by atoms with van der Waals surface area (Å²) >= 11 is 2.73. The summed E-state index contributed by atoms with van der Waals surface area (Å²) in [6, 6.07) is 21.1. The third-order valence-corrected chi connectivity index (χ3v) is 6.29. The van der Waals surface area contributed by atoms with Crippen LogP contribution in [0.25, 0.3) is 10.2 Å². The van der Waals surface area contributed by atoms with E-state index >= 15 is 0 Å². The lowest BCUT2D eigenvalue weighted by Crippen LogP contribution is -2.24. The molecule has 0 atom stereocenters. The first-order valence-corrected chi connectivity index (χ1v) is 10.8. The highest BCUT2D eigenvalue weighted by atomic mass is 32.2. The second-order valence-corrected chi connectivity index (χ2v) is 8.16. The zero-order valence-corrected chi connectivity index (χ0v) is 16.7. The van der Waals surface area contributed by atoms with E-state index in [4.69, 9.17) is 0 Å². The van der Waals surface area contributed by atoms with Crippen LogP contribution in [0.3, 0.4) is 0 Å². The molecule has 2 aromatic heterocycles. The summed E-state index contributed by atoms with van der Waals surface area (Å²) in [5.74, 6) is 0.275. The Labute approximate surface area is 170 Å². The third kappa shape index (κ3) is 4.08. The quantitative estimate of drug-likeness (QED) is 0.254. The molecule has 0 aliphatic heterocycles. The minimum Gasteiger partial charge on any atom is -0.293 e. The lowest BCUT2D eigenvalue weighted by atomic mass is 10.1. The molecule has 6 heteroatoms. The van der Waals surface area contributed by atoms with E-state index in [0.717, 1.165) is 12.0 Å². The summed E-state index contributed by atoms with van der Waals surface area (Å²) in [6.07, 6.45) is 0.736. The van der Waals surface area contributed by atoms with E-state index in [-0.39, 0.29) is 17.1 Å². The van der Waals surface area contributed by atoms with Crippen molar-refractivity contribution in [1.29, 1.82) is 0 Å². The van der Waals surface area contributed by atoms with E-state index in [0.29, 0.717) is 27.5 Å². The van der Waals surface area contributed by atoms with Crippen LogP contribution in [-0.4, -0.2) is 21.1 Å². The van der Waals surface area contributed by atoms with Gasteiger partial charge in [0.25, 0.3) is 5.56 Å². The summed E-state index contributed by atoms with van der Waals surface area (Å²) in [7, 11) is 0. The van der Waals surface area contributed by atoms with Crippen molar-refractivity contribution in [3.8, 4) is 0 Å². The molecule has 28 heavy (non-hydrogen) atoms. The molecular formula is C22H18N2O2S2. The molecule has 0 fully saturated rings. The van der Waals surface area contributed by atoms with E-state index in [2.05, 4.69) is 4.98 Å². The van der Waals surface area contributed by atoms with Crippen LogP contribution in [0.4, 0.5) is 0 Å². The van der Waals surface area contributed by atoms with Gasteiger partial charge in [-0.1, -0.05) is 72.4 Å². The Morgan fingerprint density at radius 3 is 2.46 bits per heavy atom. The van der Waals surface area contributed by atoms with Crippen molar-refractivity contribution < 1.29 is 4.79 Å². The van der Waals surface area contributed by atoms with Gasteiger partial charge in [-0.2, -0.15) is 0 Å². The molecule has 0 unspecified atom stereocenters. The van der Waals surface area contributed by atoms with Crippen LogP contribution in [0.1, 0.15) is 15.9 Å². The molecule has 4 rings (SSSR count). The smallest absolute Gasteiger partial charge is 0.272 e. The van der Waals surface area contributed by atoms with Crippen LogP contribution in [0.2, 0.25) is 0 Å². The van der Waals surface area contributed by atoms with Crippen molar-refractivity contribution in [1.82, 2.24) is 9.55 Å². The number of nitrogens with zero attached hydrogens (tertiary/aromatic N) is 2. The highest BCUT2D eigenvalue weighted by Crippen LogP contribution is 2.22. The Kier molecular flexibility index (Phi) is 5.69. The fraction of sp³-hybridized carbons (Fsp3) is 0.136. The van der Waals surface area contributed by atoms with E-state index in [1.54, 1.807) is 16.7 Å². The zero-order chi connectivity index (χ0) is 19.3. The van der Waals surface area contributed by atoms with Gasteiger partial charge in [0.1, 0.15) is 4.70 Å². The number of aromatic nitrogens is 2. The second-order valence-electron chi connectivity index (χ2n) is 6.30. The Balaban J connectivity index is 1.60. The van der Waals surface area contributed by atoms with Crippen LogP contribution in [0, 0.1) is 0 Å². The molecule has 0 spiro atoms. The van der Waals surface area contributed by atoms with Crippen LogP contribution in [-0.2, 0) is 13.0 Å². The van der Waals surface area contributed by atoms with Crippen molar-refractivity contribution in [2.24, 2.45) is 0 Å². The summed E-state index contributed by atoms with van der Waals surface area (Å²) in [5, 5.41) is 2.47. The maximum atomic E-state index is 13.0. The molecule has 0 aliphatic carbocycles. The van der Waals surface area contributed by atoms with Gasteiger partial charge in [-0.15, -0.1) is 11.3 Å². The van der Waals surface area contributed by atoms with E-state index in [9.17, 15) is 9.59 Å². The standard InChI is InChI=1S/C22H18N2O2S2/c25-19(17-9-5-2-6-10-17)15-28-22-23-18-12-14-27-20(18)21(26)24(22)13-11-16-7-3-1-4-8-16/h1-10,12,14H,11,13,15H2. The Bertz CT molecular complexity index is 1150. The predicted octanol–water partition coefficient (Wildman–Crippen LogP) is 4.68. The number of benzene rings is 2.